The highest BCUT2D eigenvalue weighted by Crippen LogP contribution is 2.51. The minimum atomic E-state index is 0.233. The lowest BCUT2D eigenvalue weighted by Crippen LogP contribution is -2.60. The summed E-state index contributed by atoms with van der Waals surface area (Å²) in [5.74, 6) is 2.04. The zero-order valence-corrected chi connectivity index (χ0v) is 13.5. The summed E-state index contributed by atoms with van der Waals surface area (Å²) < 4.78 is 0. The van der Waals surface area contributed by atoms with E-state index in [4.69, 9.17) is 0 Å². The zero-order chi connectivity index (χ0) is 14.8. The first-order valence-corrected chi connectivity index (χ1v) is 8.59. The Morgan fingerprint density at radius 3 is 2.81 bits per heavy atom. The van der Waals surface area contributed by atoms with E-state index in [0.717, 1.165) is 18.4 Å². The quantitative estimate of drug-likeness (QED) is 0.895. The van der Waals surface area contributed by atoms with E-state index in [-0.39, 0.29) is 5.41 Å². The van der Waals surface area contributed by atoms with Gasteiger partial charge in [-0.15, -0.1) is 0 Å². The van der Waals surface area contributed by atoms with E-state index in [0.29, 0.717) is 17.7 Å². The summed E-state index contributed by atoms with van der Waals surface area (Å²) in [5.41, 5.74) is 3.10. The Kier molecular flexibility index (Phi) is 2.91. The van der Waals surface area contributed by atoms with Gasteiger partial charge in [0, 0.05) is 12.1 Å². The van der Waals surface area contributed by atoms with Crippen LogP contribution < -0.4 is 0 Å². The maximum absolute atomic E-state index is 9.90. The molecule has 2 heteroatoms. The van der Waals surface area contributed by atoms with Crippen LogP contribution in [0.15, 0.2) is 18.2 Å². The molecule has 1 saturated heterocycles. The third-order valence-electron chi connectivity index (χ3n) is 6.86. The van der Waals surface area contributed by atoms with Gasteiger partial charge in [-0.2, -0.15) is 0 Å². The van der Waals surface area contributed by atoms with Crippen molar-refractivity contribution in [2.45, 2.75) is 64.0 Å². The Labute approximate surface area is 128 Å². The lowest BCUT2D eigenvalue weighted by atomic mass is 9.58. The predicted molar refractivity (Wildman–Crippen MR) is 85.6 cm³/mol. The molecule has 1 saturated carbocycles. The maximum Gasteiger partial charge on any atom is 0.115 e. The van der Waals surface area contributed by atoms with Gasteiger partial charge in [-0.3, -0.25) is 4.90 Å². The first kappa shape index (κ1) is 13.6. The highest BCUT2D eigenvalue weighted by Gasteiger charge is 2.50. The normalized spacial score (nSPS) is 37.1. The fraction of sp³-hybridized carbons (Fsp3) is 0.684. The van der Waals surface area contributed by atoms with Crippen molar-refractivity contribution in [2.75, 3.05) is 6.54 Å². The minimum Gasteiger partial charge on any atom is -0.508 e. The van der Waals surface area contributed by atoms with Crippen molar-refractivity contribution < 1.29 is 5.11 Å². The van der Waals surface area contributed by atoms with Gasteiger partial charge in [0.2, 0.25) is 0 Å². The van der Waals surface area contributed by atoms with E-state index < -0.39 is 0 Å². The Bertz CT molecular complexity index is 565. The molecule has 4 atom stereocenters. The summed E-state index contributed by atoms with van der Waals surface area (Å²) in [6.45, 7) is 8.52. The molecule has 0 spiro atoms. The molecule has 4 rings (SSSR count). The van der Waals surface area contributed by atoms with Gasteiger partial charge in [-0.05, 0) is 79.7 Å². The first-order chi connectivity index (χ1) is 10.0. The van der Waals surface area contributed by atoms with E-state index in [1.807, 2.05) is 12.1 Å². The summed E-state index contributed by atoms with van der Waals surface area (Å²) >= 11 is 0. The summed E-state index contributed by atoms with van der Waals surface area (Å²) in [5, 5.41) is 9.90. The van der Waals surface area contributed by atoms with Gasteiger partial charge in [0.05, 0.1) is 0 Å². The molecule has 21 heavy (non-hydrogen) atoms. The Balaban J connectivity index is 1.73. The topological polar surface area (TPSA) is 23.5 Å². The van der Waals surface area contributed by atoms with Gasteiger partial charge < -0.3 is 5.11 Å². The SMILES string of the molecule is CC1C2Cc3ccc(O)cc3[C@@]1(C)CCN2[C@H](C)C1CC1. The maximum atomic E-state index is 9.90. The molecule has 1 aliphatic heterocycles. The number of phenols is 1. The Hall–Kier alpha value is -1.02. The number of nitrogens with zero attached hydrogens (tertiary/aromatic N) is 1. The van der Waals surface area contributed by atoms with Crippen molar-refractivity contribution in [3.05, 3.63) is 29.3 Å². The van der Waals surface area contributed by atoms with Crippen LogP contribution in [0.5, 0.6) is 5.75 Å². The molecule has 0 aromatic heterocycles. The molecule has 1 aromatic rings. The summed E-state index contributed by atoms with van der Waals surface area (Å²) in [4.78, 5) is 2.81. The number of rotatable bonds is 2. The zero-order valence-electron chi connectivity index (χ0n) is 13.5. The number of hydrogen-bond acceptors (Lipinski definition) is 2. The second-order valence-corrected chi connectivity index (χ2v) is 7.88. The van der Waals surface area contributed by atoms with E-state index in [2.05, 4.69) is 31.7 Å². The average Bonchev–Trinajstić information content (AvgIpc) is 3.28. The van der Waals surface area contributed by atoms with Gasteiger partial charge in [0.15, 0.2) is 0 Å². The first-order valence-electron chi connectivity index (χ1n) is 8.59. The largest absolute Gasteiger partial charge is 0.508 e. The van der Waals surface area contributed by atoms with Crippen LogP contribution in [0.25, 0.3) is 0 Å². The molecule has 0 amide bonds. The average molecular weight is 285 g/mol. The van der Waals surface area contributed by atoms with Crippen molar-refractivity contribution in [3.8, 4) is 5.75 Å². The van der Waals surface area contributed by atoms with Crippen LogP contribution in [-0.2, 0) is 11.8 Å². The predicted octanol–water partition coefficient (Wildman–Crippen LogP) is 3.71. The monoisotopic (exact) mass is 285 g/mol. The second-order valence-electron chi connectivity index (χ2n) is 7.88. The van der Waals surface area contributed by atoms with Gasteiger partial charge >= 0.3 is 0 Å². The molecule has 2 unspecified atom stereocenters. The molecular formula is C19H27NO. The molecule has 3 aliphatic rings. The van der Waals surface area contributed by atoms with Crippen LogP contribution in [0, 0.1) is 11.8 Å². The third-order valence-corrected chi connectivity index (χ3v) is 6.86. The minimum absolute atomic E-state index is 0.233. The van der Waals surface area contributed by atoms with Crippen molar-refractivity contribution >= 4 is 0 Å². The molecule has 2 fully saturated rings. The fourth-order valence-electron chi connectivity index (χ4n) is 5.00. The number of fused-ring (bicyclic) bond motifs is 4. The Morgan fingerprint density at radius 2 is 2.10 bits per heavy atom. The van der Waals surface area contributed by atoms with E-state index >= 15 is 0 Å². The molecule has 2 bridgehead atoms. The molecular weight excluding hydrogens is 258 g/mol. The Morgan fingerprint density at radius 1 is 1.33 bits per heavy atom. The highest BCUT2D eigenvalue weighted by molar-refractivity contribution is 5.44. The fourth-order valence-corrected chi connectivity index (χ4v) is 5.00. The van der Waals surface area contributed by atoms with Crippen LogP contribution in [0.2, 0.25) is 0 Å². The van der Waals surface area contributed by atoms with Crippen LogP contribution >= 0.6 is 0 Å². The number of benzene rings is 1. The van der Waals surface area contributed by atoms with E-state index in [1.165, 1.54) is 36.9 Å². The molecule has 0 radical (unpaired) electrons. The molecule has 1 N–H and O–H groups in total. The number of hydrogen-bond donors (Lipinski definition) is 1. The summed E-state index contributed by atoms with van der Waals surface area (Å²) in [6.07, 6.45) is 5.24. The van der Waals surface area contributed by atoms with Crippen molar-refractivity contribution in [3.63, 3.8) is 0 Å². The third kappa shape index (κ3) is 1.95. The highest BCUT2D eigenvalue weighted by atomic mass is 16.3. The number of piperidine rings is 1. The second kappa shape index (κ2) is 4.49. The van der Waals surface area contributed by atoms with Gasteiger partial charge in [-0.25, -0.2) is 0 Å². The van der Waals surface area contributed by atoms with Crippen molar-refractivity contribution in [2.24, 2.45) is 11.8 Å². The van der Waals surface area contributed by atoms with Crippen molar-refractivity contribution in [1.82, 2.24) is 4.90 Å². The van der Waals surface area contributed by atoms with Crippen LogP contribution in [-0.4, -0.2) is 28.6 Å². The van der Waals surface area contributed by atoms with E-state index in [9.17, 15) is 5.11 Å². The summed E-state index contributed by atoms with van der Waals surface area (Å²) in [6, 6.07) is 7.48. The van der Waals surface area contributed by atoms with Crippen LogP contribution in [0.3, 0.4) is 0 Å². The number of aromatic hydroxyl groups is 1. The molecule has 1 heterocycles. The molecule has 2 aliphatic carbocycles. The number of phenolic OH excluding ortho intramolecular Hbond substituents is 1. The molecule has 2 nitrogen and oxygen atoms in total. The summed E-state index contributed by atoms with van der Waals surface area (Å²) in [7, 11) is 0. The number of likely N-dealkylation sites (tertiary alicyclic amines) is 1. The van der Waals surface area contributed by atoms with Gasteiger partial charge in [-0.1, -0.05) is 19.9 Å². The standard InChI is InChI=1S/C19H27NO/c1-12-18-10-15-6-7-16(21)11-17(15)19(12,3)8-9-20(18)13(2)14-4-5-14/h6-7,11-14,18,21H,4-5,8-10H2,1-3H3/t12?,13-,18?,19+/m1/s1. The smallest absolute Gasteiger partial charge is 0.115 e. The van der Waals surface area contributed by atoms with Crippen molar-refractivity contribution in [1.29, 1.82) is 0 Å². The molecule has 1 aromatic carbocycles. The van der Waals surface area contributed by atoms with Crippen LogP contribution in [0.4, 0.5) is 0 Å². The lowest BCUT2D eigenvalue weighted by Gasteiger charge is -2.56. The van der Waals surface area contributed by atoms with Gasteiger partial charge in [0.1, 0.15) is 5.75 Å². The molecule has 114 valence electrons. The van der Waals surface area contributed by atoms with Crippen LogP contribution in [0.1, 0.15) is 51.2 Å². The lowest BCUT2D eigenvalue weighted by molar-refractivity contribution is 0.000427. The van der Waals surface area contributed by atoms with Gasteiger partial charge in [0.25, 0.3) is 0 Å². The van der Waals surface area contributed by atoms with E-state index in [1.54, 1.807) is 0 Å².